The van der Waals surface area contributed by atoms with Crippen LogP contribution in [0.4, 0.5) is 0 Å². The number of hydrogen-bond donors (Lipinski definition) is 0. The molecule has 142 valence electrons. The number of hydrogen-bond acceptors (Lipinski definition) is 2. The summed E-state index contributed by atoms with van der Waals surface area (Å²) in [5.74, 6) is 0. The molecule has 28 heavy (non-hydrogen) atoms. The second kappa shape index (κ2) is 8.79. The molecular weight excluding hydrogens is 344 g/mol. The fourth-order valence-corrected chi connectivity index (χ4v) is 3.64. The number of nitrogens with zero attached hydrogens (tertiary/aromatic N) is 4. The van der Waals surface area contributed by atoms with Crippen LogP contribution < -0.4 is 4.57 Å². The summed E-state index contributed by atoms with van der Waals surface area (Å²) in [6.45, 7) is 4.15. The zero-order chi connectivity index (χ0) is 19.2. The Morgan fingerprint density at radius 1 is 0.857 bits per heavy atom. The third-order valence-electron chi connectivity index (χ3n) is 5.14. The monoisotopic (exact) mass is 371 g/mol. The first-order valence-electron chi connectivity index (χ1n) is 10.2. The van der Waals surface area contributed by atoms with Crippen molar-refractivity contribution < 1.29 is 4.57 Å². The van der Waals surface area contributed by atoms with Crippen LogP contribution in [0.15, 0.2) is 73.3 Å². The molecule has 0 saturated carbocycles. The average Bonchev–Trinajstić information content (AvgIpc) is 3.10. The van der Waals surface area contributed by atoms with Gasteiger partial charge in [0.05, 0.1) is 17.9 Å². The van der Waals surface area contributed by atoms with E-state index in [0.717, 1.165) is 24.5 Å². The van der Waals surface area contributed by atoms with Crippen molar-refractivity contribution in [3.8, 4) is 11.4 Å². The normalized spacial score (nSPS) is 11.2. The molecule has 0 bridgehead atoms. The molecule has 0 unspecified atom stereocenters. The first-order chi connectivity index (χ1) is 13.8. The maximum Gasteiger partial charge on any atom is 0.245 e. The number of fused-ring (bicyclic) bond motifs is 1. The highest BCUT2D eigenvalue weighted by Gasteiger charge is 2.15. The number of pyridine rings is 2. The number of imidazole rings is 1. The first-order valence-corrected chi connectivity index (χ1v) is 10.2. The fourth-order valence-electron chi connectivity index (χ4n) is 3.64. The van der Waals surface area contributed by atoms with Gasteiger partial charge in [-0.05, 0) is 43.2 Å². The van der Waals surface area contributed by atoms with Gasteiger partial charge in [-0.3, -0.25) is 9.97 Å². The molecule has 0 amide bonds. The Morgan fingerprint density at radius 2 is 1.71 bits per heavy atom. The van der Waals surface area contributed by atoms with E-state index in [1.807, 2.05) is 24.4 Å². The van der Waals surface area contributed by atoms with Gasteiger partial charge in [-0.25, -0.2) is 9.13 Å². The number of unbranched alkanes of at least 4 members (excludes halogenated alkanes) is 3. The summed E-state index contributed by atoms with van der Waals surface area (Å²) >= 11 is 0. The molecule has 4 rings (SSSR count). The Hall–Kier alpha value is -3.01. The molecule has 0 radical (unpaired) electrons. The highest BCUT2D eigenvalue weighted by molar-refractivity contribution is 5.71. The molecule has 0 aliphatic rings. The van der Waals surface area contributed by atoms with Crippen molar-refractivity contribution in [3.05, 3.63) is 78.9 Å². The van der Waals surface area contributed by atoms with Crippen LogP contribution in [0.2, 0.25) is 0 Å². The van der Waals surface area contributed by atoms with Crippen LogP contribution in [-0.4, -0.2) is 14.5 Å². The zero-order valence-electron chi connectivity index (χ0n) is 16.5. The third-order valence-corrected chi connectivity index (χ3v) is 5.14. The largest absolute Gasteiger partial charge is 0.255 e. The highest BCUT2D eigenvalue weighted by atomic mass is 15.1. The Labute approximate surface area is 166 Å². The van der Waals surface area contributed by atoms with Gasteiger partial charge in [0.1, 0.15) is 6.54 Å². The van der Waals surface area contributed by atoms with Gasteiger partial charge >= 0.3 is 0 Å². The predicted octanol–water partition coefficient (Wildman–Crippen LogP) is 5.01. The molecule has 4 heteroatoms. The van der Waals surface area contributed by atoms with E-state index in [2.05, 4.69) is 68.8 Å². The van der Waals surface area contributed by atoms with Crippen molar-refractivity contribution in [1.82, 2.24) is 14.5 Å². The van der Waals surface area contributed by atoms with Crippen molar-refractivity contribution in [3.63, 3.8) is 0 Å². The van der Waals surface area contributed by atoms with Crippen LogP contribution in [0.25, 0.3) is 22.4 Å². The SMILES string of the molecule is CCCCCCn1c[n+](Cc2ccc(-c3ccccn3)nc2)c2ccccc21. The number of rotatable bonds is 8. The van der Waals surface area contributed by atoms with E-state index in [4.69, 9.17) is 0 Å². The lowest BCUT2D eigenvalue weighted by Gasteiger charge is -2.02. The van der Waals surface area contributed by atoms with Gasteiger partial charge in [-0.1, -0.05) is 44.0 Å². The van der Waals surface area contributed by atoms with E-state index in [1.54, 1.807) is 6.20 Å². The average molecular weight is 372 g/mol. The second-order valence-corrected chi connectivity index (χ2v) is 7.25. The molecule has 0 N–H and O–H groups in total. The molecule has 4 nitrogen and oxygen atoms in total. The van der Waals surface area contributed by atoms with Gasteiger partial charge in [-0.2, -0.15) is 0 Å². The van der Waals surface area contributed by atoms with Gasteiger partial charge in [0.15, 0.2) is 11.0 Å². The molecule has 0 spiro atoms. The van der Waals surface area contributed by atoms with Crippen molar-refractivity contribution >= 4 is 11.0 Å². The Kier molecular flexibility index (Phi) is 5.76. The second-order valence-electron chi connectivity index (χ2n) is 7.25. The van der Waals surface area contributed by atoms with E-state index in [0.29, 0.717) is 0 Å². The summed E-state index contributed by atoms with van der Waals surface area (Å²) in [5, 5.41) is 0. The summed E-state index contributed by atoms with van der Waals surface area (Å²) in [4.78, 5) is 9.00. The summed E-state index contributed by atoms with van der Waals surface area (Å²) in [7, 11) is 0. The standard InChI is InChI=1S/C24H27N4/c1-2-3-4-9-16-27-19-28(24-12-6-5-11-23(24)27)18-20-13-14-22(26-17-20)21-10-7-8-15-25-21/h5-8,10-15,17,19H,2-4,9,16,18H2,1H3/q+1. The Bertz CT molecular complexity index is 1020. The minimum atomic E-state index is 0.817. The number of aromatic nitrogens is 4. The minimum absolute atomic E-state index is 0.817. The molecule has 0 aliphatic heterocycles. The molecule has 0 atom stereocenters. The van der Waals surface area contributed by atoms with Crippen LogP contribution in [0.3, 0.4) is 0 Å². The van der Waals surface area contributed by atoms with E-state index < -0.39 is 0 Å². The Morgan fingerprint density at radius 3 is 2.50 bits per heavy atom. The molecule has 3 aromatic heterocycles. The van der Waals surface area contributed by atoms with E-state index in [9.17, 15) is 0 Å². The quantitative estimate of drug-likeness (QED) is 0.322. The highest BCUT2D eigenvalue weighted by Crippen LogP contribution is 2.15. The smallest absolute Gasteiger partial charge is 0.245 e. The maximum absolute atomic E-state index is 4.62. The fraction of sp³-hybridized carbons (Fsp3) is 0.292. The van der Waals surface area contributed by atoms with E-state index >= 15 is 0 Å². The summed E-state index contributed by atoms with van der Waals surface area (Å²) in [6, 6.07) is 18.8. The van der Waals surface area contributed by atoms with Crippen molar-refractivity contribution in [1.29, 1.82) is 0 Å². The van der Waals surface area contributed by atoms with Gasteiger partial charge < -0.3 is 0 Å². The van der Waals surface area contributed by atoms with Crippen LogP contribution in [0.1, 0.15) is 38.2 Å². The van der Waals surface area contributed by atoms with Crippen molar-refractivity contribution in [2.24, 2.45) is 0 Å². The molecule has 0 saturated heterocycles. The molecular formula is C24H27N4+. The molecule has 0 aliphatic carbocycles. The molecule has 1 aromatic carbocycles. The number of benzene rings is 1. The van der Waals surface area contributed by atoms with Crippen LogP contribution in [0, 0.1) is 0 Å². The van der Waals surface area contributed by atoms with Gasteiger partial charge in [0, 0.05) is 18.0 Å². The topological polar surface area (TPSA) is 34.6 Å². The molecule has 3 heterocycles. The minimum Gasteiger partial charge on any atom is -0.255 e. The molecule has 4 aromatic rings. The van der Waals surface area contributed by atoms with Crippen molar-refractivity contribution in [2.75, 3.05) is 0 Å². The van der Waals surface area contributed by atoms with Crippen molar-refractivity contribution in [2.45, 2.75) is 45.7 Å². The van der Waals surface area contributed by atoms with Gasteiger partial charge in [0.2, 0.25) is 6.33 Å². The summed E-state index contributed by atoms with van der Waals surface area (Å²) in [5.41, 5.74) is 5.58. The third kappa shape index (κ3) is 4.11. The van der Waals surface area contributed by atoms with Crippen LogP contribution >= 0.6 is 0 Å². The lowest BCUT2D eigenvalue weighted by Crippen LogP contribution is -2.32. The lowest BCUT2D eigenvalue weighted by molar-refractivity contribution is -0.663. The van der Waals surface area contributed by atoms with Gasteiger partial charge in [0.25, 0.3) is 0 Å². The predicted molar refractivity (Wildman–Crippen MR) is 113 cm³/mol. The number of aryl methyl sites for hydroxylation is 1. The number of para-hydroxylation sites is 2. The maximum atomic E-state index is 4.62. The summed E-state index contributed by atoms with van der Waals surface area (Å²) < 4.78 is 4.72. The van der Waals surface area contributed by atoms with Crippen LogP contribution in [0.5, 0.6) is 0 Å². The summed E-state index contributed by atoms with van der Waals surface area (Å²) in [6.07, 6.45) is 11.1. The van der Waals surface area contributed by atoms with E-state index in [1.165, 1.54) is 42.3 Å². The first kappa shape index (κ1) is 18.4. The lowest BCUT2D eigenvalue weighted by atomic mass is 10.2. The zero-order valence-corrected chi connectivity index (χ0v) is 16.5. The Balaban J connectivity index is 1.54. The van der Waals surface area contributed by atoms with Crippen LogP contribution in [-0.2, 0) is 13.1 Å². The molecule has 0 fully saturated rings. The van der Waals surface area contributed by atoms with E-state index in [-0.39, 0.29) is 0 Å². The van der Waals surface area contributed by atoms with Gasteiger partial charge in [-0.15, -0.1) is 0 Å².